The Balaban J connectivity index is 1.54. The number of furan rings is 1. The molecule has 1 aromatic carbocycles. The lowest BCUT2D eigenvalue weighted by Crippen LogP contribution is -2.23. The van der Waals surface area contributed by atoms with Crippen molar-refractivity contribution in [1.82, 2.24) is 20.1 Å². The maximum Gasteiger partial charge on any atom is 0.167 e. The molecule has 3 heterocycles. The van der Waals surface area contributed by atoms with E-state index in [4.69, 9.17) is 4.42 Å². The summed E-state index contributed by atoms with van der Waals surface area (Å²) in [4.78, 5) is 7.00. The van der Waals surface area contributed by atoms with Crippen molar-refractivity contribution >= 4 is 0 Å². The first-order valence-corrected chi connectivity index (χ1v) is 8.48. The van der Waals surface area contributed by atoms with Gasteiger partial charge in [-0.1, -0.05) is 18.2 Å². The summed E-state index contributed by atoms with van der Waals surface area (Å²) in [6.45, 7) is 5.92. The van der Waals surface area contributed by atoms with Crippen LogP contribution < -0.4 is 0 Å². The molecule has 124 valence electrons. The minimum absolute atomic E-state index is 0.310. The number of H-pyrrole nitrogens is 1. The van der Waals surface area contributed by atoms with E-state index in [-0.39, 0.29) is 0 Å². The highest BCUT2D eigenvalue weighted by molar-refractivity contribution is 5.58. The molecular weight excluding hydrogens is 300 g/mol. The minimum atomic E-state index is 0.310. The van der Waals surface area contributed by atoms with E-state index in [0.717, 1.165) is 48.2 Å². The fourth-order valence-electron chi connectivity index (χ4n) is 3.46. The van der Waals surface area contributed by atoms with Crippen LogP contribution in [0.25, 0.3) is 11.3 Å². The largest absolute Gasteiger partial charge is 0.461 e. The van der Waals surface area contributed by atoms with Crippen molar-refractivity contribution in [3.8, 4) is 11.3 Å². The molecule has 0 aliphatic carbocycles. The molecule has 0 radical (unpaired) electrons. The zero-order valence-corrected chi connectivity index (χ0v) is 14.1. The van der Waals surface area contributed by atoms with Gasteiger partial charge in [-0.15, -0.1) is 0 Å². The van der Waals surface area contributed by atoms with Gasteiger partial charge in [-0.05, 0) is 57.0 Å². The molecule has 4 rings (SSSR count). The molecule has 0 bridgehead atoms. The Morgan fingerprint density at radius 2 is 2.17 bits per heavy atom. The number of likely N-dealkylation sites (tertiary alicyclic amines) is 1. The molecular formula is C19H22N4O. The average molecular weight is 322 g/mol. The van der Waals surface area contributed by atoms with E-state index in [1.54, 1.807) is 0 Å². The van der Waals surface area contributed by atoms with Gasteiger partial charge in [-0.3, -0.25) is 10.00 Å². The van der Waals surface area contributed by atoms with Crippen molar-refractivity contribution in [2.45, 2.75) is 39.3 Å². The molecule has 0 spiro atoms. The number of hydrogen-bond donors (Lipinski definition) is 1. The second kappa shape index (κ2) is 6.24. The first-order valence-electron chi connectivity index (χ1n) is 8.48. The van der Waals surface area contributed by atoms with E-state index in [2.05, 4.69) is 44.3 Å². The quantitative estimate of drug-likeness (QED) is 0.788. The fraction of sp³-hybridized carbons (Fsp3) is 0.368. The van der Waals surface area contributed by atoms with Crippen molar-refractivity contribution in [3.63, 3.8) is 0 Å². The summed E-state index contributed by atoms with van der Waals surface area (Å²) in [5.74, 6) is 3.67. The number of aromatic amines is 1. The monoisotopic (exact) mass is 322 g/mol. The first-order chi connectivity index (χ1) is 11.7. The molecule has 1 fully saturated rings. The number of hydrogen-bond acceptors (Lipinski definition) is 4. The Labute approximate surface area is 141 Å². The number of rotatable bonds is 4. The molecule has 5 heteroatoms. The second-order valence-corrected chi connectivity index (χ2v) is 6.52. The molecule has 0 saturated carbocycles. The standard InChI is InChI=1S/C19H22N4O/c1-13-8-9-18(24-13)16-6-3-5-15(11-16)12-23-10-4-7-17(23)19-20-14(2)21-22-19/h3,5-6,8-9,11,17H,4,7,10,12H2,1-2H3,(H,20,21,22)/t17-/m1/s1. The molecule has 1 atom stereocenters. The smallest absolute Gasteiger partial charge is 0.167 e. The van der Waals surface area contributed by atoms with Crippen LogP contribution in [0.3, 0.4) is 0 Å². The zero-order chi connectivity index (χ0) is 16.5. The lowest BCUT2D eigenvalue weighted by atomic mass is 10.1. The summed E-state index contributed by atoms with van der Waals surface area (Å²) in [7, 11) is 0. The zero-order valence-electron chi connectivity index (χ0n) is 14.1. The Hall–Kier alpha value is -2.40. The SMILES string of the molecule is Cc1nc([C@H]2CCCN2Cc2cccc(-c3ccc(C)o3)c2)n[nH]1. The van der Waals surface area contributed by atoms with Crippen LogP contribution in [0.5, 0.6) is 0 Å². The van der Waals surface area contributed by atoms with Crippen LogP contribution in [0.2, 0.25) is 0 Å². The highest BCUT2D eigenvalue weighted by Gasteiger charge is 2.29. The molecule has 24 heavy (non-hydrogen) atoms. The van der Waals surface area contributed by atoms with Gasteiger partial charge >= 0.3 is 0 Å². The normalized spacial score (nSPS) is 18.3. The lowest BCUT2D eigenvalue weighted by Gasteiger charge is -2.22. The van der Waals surface area contributed by atoms with Crippen LogP contribution in [0.4, 0.5) is 0 Å². The van der Waals surface area contributed by atoms with Gasteiger partial charge in [0.1, 0.15) is 17.3 Å². The number of benzene rings is 1. The molecule has 0 amide bonds. The van der Waals surface area contributed by atoms with E-state index in [0.29, 0.717) is 6.04 Å². The van der Waals surface area contributed by atoms with Crippen molar-refractivity contribution < 1.29 is 4.42 Å². The highest BCUT2D eigenvalue weighted by Crippen LogP contribution is 2.32. The van der Waals surface area contributed by atoms with Crippen molar-refractivity contribution in [2.24, 2.45) is 0 Å². The van der Waals surface area contributed by atoms with E-state index >= 15 is 0 Å². The summed E-state index contributed by atoms with van der Waals surface area (Å²) in [6, 6.07) is 12.9. The summed E-state index contributed by atoms with van der Waals surface area (Å²) < 4.78 is 5.75. The predicted molar refractivity (Wildman–Crippen MR) is 92.4 cm³/mol. The van der Waals surface area contributed by atoms with Gasteiger partial charge in [0.25, 0.3) is 0 Å². The third-order valence-corrected chi connectivity index (χ3v) is 4.61. The maximum atomic E-state index is 5.75. The van der Waals surface area contributed by atoms with Crippen molar-refractivity contribution in [2.75, 3.05) is 6.54 Å². The topological polar surface area (TPSA) is 58.0 Å². The van der Waals surface area contributed by atoms with E-state index in [1.807, 2.05) is 26.0 Å². The van der Waals surface area contributed by atoms with E-state index < -0.39 is 0 Å². The van der Waals surface area contributed by atoms with Gasteiger partial charge in [0.05, 0.1) is 6.04 Å². The number of aryl methyl sites for hydroxylation is 2. The summed E-state index contributed by atoms with van der Waals surface area (Å²) >= 11 is 0. The third kappa shape index (κ3) is 2.99. The van der Waals surface area contributed by atoms with Crippen LogP contribution in [-0.2, 0) is 6.54 Å². The third-order valence-electron chi connectivity index (χ3n) is 4.61. The van der Waals surface area contributed by atoms with Crippen LogP contribution in [-0.4, -0.2) is 26.6 Å². The van der Waals surface area contributed by atoms with Gasteiger partial charge < -0.3 is 4.42 Å². The molecule has 5 nitrogen and oxygen atoms in total. The van der Waals surface area contributed by atoms with Crippen LogP contribution in [0.15, 0.2) is 40.8 Å². The molecule has 1 N–H and O–H groups in total. The maximum absolute atomic E-state index is 5.75. The number of nitrogens with one attached hydrogen (secondary N) is 1. The van der Waals surface area contributed by atoms with Gasteiger partial charge in [0.2, 0.25) is 0 Å². The summed E-state index contributed by atoms with van der Waals surface area (Å²) in [5, 5.41) is 7.33. The Bertz CT molecular complexity index is 835. The second-order valence-electron chi connectivity index (χ2n) is 6.52. The lowest BCUT2D eigenvalue weighted by molar-refractivity contribution is 0.240. The molecule has 3 aromatic rings. The molecule has 1 aliphatic heterocycles. The number of aromatic nitrogens is 3. The van der Waals surface area contributed by atoms with Gasteiger partial charge in [0.15, 0.2) is 5.82 Å². The highest BCUT2D eigenvalue weighted by atomic mass is 16.3. The average Bonchev–Trinajstić information content (AvgIpc) is 3.29. The number of nitrogens with zero attached hydrogens (tertiary/aromatic N) is 3. The fourth-order valence-corrected chi connectivity index (χ4v) is 3.46. The molecule has 2 aromatic heterocycles. The molecule has 0 unspecified atom stereocenters. The van der Waals surface area contributed by atoms with Crippen LogP contribution in [0.1, 0.15) is 41.9 Å². The Morgan fingerprint density at radius 1 is 1.25 bits per heavy atom. The van der Waals surface area contributed by atoms with Gasteiger partial charge in [0, 0.05) is 12.1 Å². The van der Waals surface area contributed by atoms with Crippen molar-refractivity contribution in [3.05, 3.63) is 59.4 Å². The van der Waals surface area contributed by atoms with Crippen LogP contribution in [0, 0.1) is 13.8 Å². The summed E-state index contributed by atoms with van der Waals surface area (Å²) in [5.41, 5.74) is 2.42. The van der Waals surface area contributed by atoms with Crippen LogP contribution >= 0.6 is 0 Å². The Morgan fingerprint density at radius 3 is 2.92 bits per heavy atom. The summed E-state index contributed by atoms with van der Waals surface area (Å²) in [6.07, 6.45) is 2.31. The Kier molecular flexibility index (Phi) is 3.94. The van der Waals surface area contributed by atoms with E-state index in [9.17, 15) is 0 Å². The van der Waals surface area contributed by atoms with Crippen molar-refractivity contribution in [1.29, 1.82) is 0 Å². The predicted octanol–water partition coefficient (Wildman–Crippen LogP) is 4.02. The molecule has 1 saturated heterocycles. The van der Waals surface area contributed by atoms with Gasteiger partial charge in [-0.25, -0.2) is 4.98 Å². The van der Waals surface area contributed by atoms with Gasteiger partial charge in [-0.2, -0.15) is 5.10 Å². The molecule has 1 aliphatic rings. The minimum Gasteiger partial charge on any atom is -0.461 e. The first kappa shape index (κ1) is 15.1. The van der Waals surface area contributed by atoms with E-state index in [1.165, 1.54) is 12.0 Å².